The highest BCUT2D eigenvalue weighted by Crippen LogP contribution is 2.28. The van der Waals surface area contributed by atoms with Gasteiger partial charge in [0.1, 0.15) is 6.33 Å². The van der Waals surface area contributed by atoms with Gasteiger partial charge in [0.2, 0.25) is 5.95 Å². The molecule has 0 amide bonds. The number of benzene rings is 1. The third kappa shape index (κ3) is 1.99. The molecule has 0 unspecified atom stereocenters. The number of aryl methyl sites for hydroxylation is 1. The predicted octanol–water partition coefficient (Wildman–Crippen LogP) is 2.13. The molecule has 26 heavy (non-hydrogen) atoms. The number of H-pyrrole nitrogens is 1. The summed E-state index contributed by atoms with van der Waals surface area (Å²) in [7, 11) is 0. The van der Waals surface area contributed by atoms with Crippen LogP contribution in [-0.2, 0) is 0 Å². The number of aromatic nitrogens is 7. The number of hydrogen-bond acceptors (Lipinski definition) is 5. The quantitative estimate of drug-likeness (QED) is 0.530. The molecule has 1 N–H and O–H groups in total. The van der Waals surface area contributed by atoms with E-state index in [-0.39, 0.29) is 5.56 Å². The van der Waals surface area contributed by atoms with E-state index in [2.05, 4.69) is 25.3 Å². The van der Waals surface area contributed by atoms with Crippen molar-refractivity contribution in [2.75, 3.05) is 0 Å². The Bertz CT molecular complexity index is 1300. The van der Waals surface area contributed by atoms with Crippen LogP contribution in [0.5, 0.6) is 0 Å². The van der Waals surface area contributed by atoms with Gasteiger partial charge < -0.3 is 0 Å². The highest BCUT2D eigenvalue weighted by atomic mass is 16.1. The van der Waals surface area contributed by atoms with E-state index in [4.69, 9.17) is 0 Å². The second kappa shape index (κ2) is 5.35. The molecule has 0 bridgehead atoms. The van der Waals surface area contributed by atoms with Crippen LogP contribution in [0.2, 0.25) is 0 Å². The molecule has 0 spiro atoms. The fourth-order valence-corrected chi connectivity index (χ4v) is 3.20. The lowest BCUT2D eigenvalue weighted by molar-refractivity contribution is 0.892. The molecule has 0 fully saturated rings. The standard InChI is InChI=1S/C18H13N7O/c1-11-15(12-5-3-2-4-6-12)16-19-9-13-14(25(16)23-11)7-8-24(17(13)26)18-20-10-21-22-18/h2-10H,1H3,(H,20,21,22). The van der Waals surface area contributed by atoms with Crippen molar-refractivity contribution in [3.63, 3.8) is 0 Å². The molecule has 0 aliphatic rings. The summed E-state index contributed by atoms with van der Waals surface area (Å²) in [6, 6.07) is 11.8. The van der Waals surface area contributed by atoms with Gasteiger partial charge in [0.05, 0.1) is 16.6 Å². The number of fused-ring (bicyclic) bond motifs is 3. The summed E-state index contributed by atoms with van der Waals surface area (Å²) in [5, 5.41) is 11.6. The van der Waals surface area contributed by atoms with Gasteiger partial charge in [-0.1, -0.05) is 30.3 Å². The van der Waals surface area contributed by atoms with Crippen molar-refractivity contribution in [3.05, 3.63) is 71.2 Å². The summed E-state index contributed by atoms with van der Waals surface area (Å²) < 4.78 is 3.12. The van der Waals surface area contributed by atoms with Gasteiger partial charge in [-0.3, -0.25) is 9.36 Å². The highest BCUT2D eigenvalue weighted by molar-refractivity contribution is 5.86. The van der Waals surface area contributed by atoms with E-state index in [0.717, 1.165) is 22.5 Å². The Balaban J connectivity index is 1.82. The van der Waals surface area contributed by atoms with Crippen molar-refractivity contribution >= 4 is 16.6 Å². The summed E-state index contributed by atoms with van der Waals surface area (Å²) in [5.74, 6) is 0.360. The van der Waals surface area contributed by atoms with Crippen molar-refractivity contribution in [3.8, 4) is 17.1 Å². The summed E-state index contributed by atoms with van der Waals surface area (Å²) >= 11 is 0. The Labute approximate surface area is 146 Å². The second-order valence-electron chi connectivity index (χ2n) is 5.92. The van der Waals surface area contributed by atoms with Crippen LogP contribution < -0.4 is 5.56 Å². The Hall–Kier alpha value is -3.81. The summed E-state index contributed by atoms with van der Waals surface area (Å²) in [6.07, 6.45) is 4.60. The van der Waals surface area contributed by atoms with Gasteiger partial charge in [0, 0.05) is 18.0 Å². The monoisotopic (exact) mass is 343 g/mol. The van der Waals surface area contributed by atoms with Gasteiger partial charge >= 0.3 is 0 Å². The number of rotatable bonds is 2. The smallest absolute Gasteiger partial charge is 0.268 e. The largest absolute Gasteiger partial charge is 0.268 e. The molecule has 5 aromatic rings. The molecule has 0 atom stereocenters. The molecular formula is C18H13N7O. The lowest BCUT2D eigenvalue weighted by atomic mass is 10.1. The maximum absolute atomic E-state index is 12.8. The Morgan fingerprint density at radius 2 is 1.92 bits per heavy atom. The van der Waals surface area contributed by atoms with Gasteiger partial charge in [-0.15, -0.1) is 0 Å². The fraction of sp³-hybridized carbons (Fsp3) is 0.0556. The predicted molar refractivity (Wildman–Crippen MR) is 96.2 cm³/mol. The Kier molecular flexibility index (Phi) is 2.99. The zero-order valence-electron chi connectivity index (χ0n) is 13.8. The zero-order chi connectivity index (χ0) is 17.7. The second-order valence-corrected chi connectivity index (χ2v) is 5.92. The van der Waals surface area contributed by atoms with Crippen molar-refractivity contribution < 1.29 is 0 Å². The van der Waals surface area contributed by atoms with Gasteiger partial charge in [-0.05, 0) is 18.6 Å². The third-order valence-electron chi connectivity index (χ3n) is 4.38. The molecule has 1 aromatic carbocycles. The van der Waals surface area contributed by atoms with Gasteiger partial charge in [-0.2, -0.15) is 15.2 Å². The van der Waals surface area contributed by atoms with Crippen molar-refractivity contribution in [2.24, 2.45) is 0 Å². The maximum Gasteiger partial charge on any atom is 0.268 e. The minimum absolute atomic E-state index is 0.233. The van der Waals surface area contributed by atoms with Gasteiger partial charge in [-0.25, -0.2) is 14.6 Å². The Morgan fingerprint density at radius 1 is 1.08 bits per heavy atom. The van der Waals surface area contributed by atoms with E-state index in [1.54, 1.807) is 16.9 Å². The molecule has 0 saturated heterocycles. The maximum atomic E-state index is 12.8. The molecule has 0 radical (unpaired) electrons. The van der Waals surface area contributed by atoms with Gasteiger partial charge in [0.15, 0.2) is 5.65 Å². The highest BCUT2D eigenvalue weighted by Gasteiger charge is 2.16. The van der Waals surface area contributed by atoms with E-state index >= 15 is 0 Å². The lowest BCUT2D eigenvalue weighted by Crippen LogP contribution is -2.19. The third-order valence-corrected chi connectivity index (χ3v) is 4.38. The van der Waals surface area contributed by atoms with Crippen LogP contribution in [-0.4, -0.2) is 34.3 Å². The Morgan fingerprint density at radius 3 is 2.69 bits per heavy atom. The molecule has 4 heterocycles. The van der Waals surface area contributed by atoms with E-state index in [1.165, 1.54) is 10.9 Å². The molecular weight excluding hydrogens is 330 g/mol. The topological polar surface area (TPSA) is 93.8 Å². The summed E-state index contributed by atoms with van der Waals surface area (Å²) in [4.78, 5) is 21.4. The van der Waals surface area contributed by atoms with E-state index in [9.17, 15) is 4.79 Å². The summed E-state index contributed by atoms with van der Waals surface area (Å²) in [5.41, 5.74) is 4.05. The SMILES string of the molecule is Cc1nn2c(ncc3c(=O)n(-c4ncn[nH]4)ccc32)c1-c1ccccc1. The minimum atomic E-state index is -0.233. The average Bonchev–Trinajstić information content (AvgIpc) is 3.30. The minimum Gasteiger partial charge on any atom is -0.268 e. The molecule has 126 valence electrons. The normalized spacial score (nSPS) is 11.4. The molecule has 0 aliphatic carbocycles. The number of nitrogens with zero attached hydrogens (tertiary/aromatic N) is 6. The van der Waals surface area contributed by atoms with Crippen LogP contribution in [0, 0.1) is 6.92 Å². The van der Waals surface area contributed by atoms with Crippen molar-refractivity contribution in [1.82, 2.24) is 34.3 Å². The van der Waals surface area contributed by atoms with E-state index in [0.29, 0.717) is 16.9 Å². The molecule has 0 saturated carbocycles. The molecule has 0 aliphatic heterocycles. The molecule has 8 heteroatoms. The van der Waals surface area contributed by atoms with Crippen LogP contribution >= 0.6 is 0 Å². The molecule has 8 nitrogen and oxygen atoms in total. The first-order chi connectivity index (χ1) is 12.7. The van der Waals surface area contributed by atoms with Gasteiger partial charge in [0.25, 0.3) is 5.56 Å². The summed E-state index contributed by atoms with van der Waals surface area (Å²) in [6.45, 7) is 1.94. The van der Waals surface area contributed by atoms with E-state index < -0.39 is 0 Å². The first kappa shape index (κ1) is 14.5. The van der Waals surface area contributed by atoms with Crippen LogP contribution in [0.3, 0.4) is 0 Å². The van der Waals surface area contributed by atoms with Crippen LogP contribution in [0.4, 0.5) is 0 Å². The van der Waals surface area contributed by atoms with E-state index in [1.807, 2.05) is 43.3 Å². The lowest BCUT2D eigenvalue weighted by Gasteiger charge is -2.05. The zero-order valence-corrected chi connectivity index (χ0v) is 13.8. The first-order valence-corrected chi connectivity index (χ1v) is 8.05. The fourth-order valence-electron chi connectivity index (χ4n) is 3.20. The first-order valence-electron chi connectivity index (χ1n) is 8.05. The van der Waals surface area contributed by atoms with Crippen LogP contribution in [0.25, 0.3) is 33.6 Å². The number of aromatic amines is 1. The van der Waals surface area contributed by atoms with Crippen LogP contribution in [0.1, 0.15) is 5.69 Å². The number of pyridine rings is 1. The van der Waals surface area contributed by atoms with Crippen molar-refractivity contribution in [1.29, 1.82) is 0 Å². The van der Waals surface area contributed by atoms with Crippen molar-refractivity contribution in [2.45, 2.75) is 6.92 Å². The molecule has 4 aromatic heterocycles. The average molecular weight is 343 g/mol. The number of hydrogen-bond donors (Lipinski definition) is 1. The van der Waals surface area contributed by atoms with Crippen LogP contribution in [0.15, 0.2) is 59.9 Å². The molecule has 5 rings (SSSR count). The number of nitrogens with one attached hydrogen (secondary N) is 1.